The van der Waals surface area contributed by atoms with Crippen LogP contribution in [-0.4, -0.2) is 30.7 Å². The molecule has 1 amide bonds. The average Bonchev–Trinajstić information content (AvgIpc) is 2.26. The number of carboxylic acids is 1. The van der Waals surface area contributed by atoms with Crippen LogP contribution in [0.25, 0.3) is 0 Å². The summed E-state index contributed by atoms with van der Waals surface area (Å²) < 4.78 is 24.4. The number of para-hydroxylation sites is 1. The average molecular weight is 269 g/mol. The molecule has 18 heavy (non-hydrogen) atoms. The first kappa shape index (κ1) is 12.6. The number of rotatable bonds is 2. The molecule has 1 heterocycles. The Morgan fingerprint density at radius 2 is 2.11 bits per heavy atom. The molecule has 0 fully saturated rings. The summed E-state index contributed by atoms with van der Waals surface area (Å²) in [6, 6.07) is 4.60. The first-order valence-electron chi connectivity index (χ1n) is 5.20. The largest absolute Gasteiger partial charge is 0.481 e. The van der Waals surface area contributed by atoms with Gasteiger partial charge in [-0.25, -0.2) is 8.42 Å². The Kier molecular flexibility index (Phi) is 2.86. The van der Waals surface area contributed by atoms with E-state index in [2.05, 4.69) is 5.32 Å². The molecule has 1 atom stereocenters. The van der Waals surface area contributed by atoms with Gasteiger partial charge in [-0.05, 0) is 18.6 Å². The fourth-order valence-electron chi connectivity index (χ4n) is 1.90. The van der Waals surface area contributed by atoms with E-state index in [1.54, 1.807) is 19.1 Å². The number of anilines is 1. The van der Waals surface area contributed by atoms with Crippen molar-refractivity contribution in [2.24, 2.45) is 0 Å². The highest BCUT2D eigenvalue weighted by Gasteiger charge is 2.41. The molecular formula is C11H11NO5S. The van der Waals surface area contributed by atoms with Crippen LogP contribution in [0.3, 0.4) is 0 Å². The highest BCUT2D eigenvalue weighted by molar-refractivity contribution is 7.93. The van der Waals surface area contributed by atoms with Gasteiger partial charge in [0.2, 0.25) is 5.91 Å². The summed E-state index contributed by atoms with van der Waals surface area (Å²) in [6.45, 7) is 1.67. The summed E-state index contributed by atoms with van der Waals surface area (Å²) >= 11 is 0. The maximum Gasteiger partial charge on any atom is 0.305 e. The van der Waals surface area contributed by atoms with Gasteiger partial charge in [-0.15, -0.1) is 0 Å². The summed E-state index contributed by atoms with van der Waals surface area (Å²) in [6.07, 6.45) is -0.735. The highest BCUT2D eigenvalue weighted by atomic mass is 32.2. The SMILES string of the molecule is Cc1cccc2c1NC(=O)C(CC(=O)O)S2(=O)=O. The van der Waals surface area contributed by atoms with Gasteiger partial charge in [0.25, 0.3) is 0 Å². The fraction of sp³-hybridized carbons (Fsp3) is 0.273. The number of sulfone groups is 1. The molecule has 0 aromatic heterocycles. The molecule has 1 aromatic carbocycles. The van der Waals surface area contributed by atoms with Crippen LogP contribution in [0.1, 0.15) is 12.0 Å². The zero-order valence-corrected chi connectivity index (χ0v) is 10.3. The standard InChI is InChI=1S/C11H11NO5S/c1-6-3-2-4-7-10(6)12-11(15)8(5-9(13)14)18(7,16)17/h2-4,8H,5H2,1H3,(H,12,15)(H,13,14). The monoisotopic (exact) mass is 269 g/mol. The van der Waals surface area contributed by atoms with Gasteiger partial charge < -0.3 is 10.4 Å². The predicted molar refractivity (Wildman–Crippen MR) is 63.0 cm³/mol. The Bertz CT molecular complexity index is 635. The Morgan fingerprint density at radius 1 is 1.44 bits per heavy atom. The van der Waals surface area contributed by atoms with Crippen LogP contribution in [0.15, 0.2) is 23.1 Å². The molecule has 7 heteroatoms. The van der Waals surface area contributed by atoms with E-state index in [1.807, 2.05) is 0 Å². The van der Waals surface area contributed by atoms with Crippen LogP contribution in [0.4, 0.5) is 5.69 Å². The van der Waals surface area contributed by atoms with Crippen LogP contribution in [0, 0.1) is 6.92 Å². The molecule has 0 radical (unpaired) electrons. The van der Waals surface area contributed by atoms with Gasteiger partial charge >= 0.3 is 5.97 Å². The lowest BCUT2D eigenvalue weighted by Crippen LogP contribution is -2.41. The van der Waals surface area contributed by atoms with Crippen LogP contribution in [0.5, 0.6) is 0 Å². The quantitative estimate of drug-likeness (QED) is 0.817. The topological polar surface area (TPSA) is 101 Å². The van der Waals surface area contributed by atoms with Crippen molar-refractivity contribution in [1.29, 1.82) is 0 Å². The van der Waals surface area contributed by atoms with E-state index in [-0.39, 0.29) is 10.6 Å². The normalized spacial score (nSPS) is 20.9. The number of amides is 1. The molecule has 96 valence electrons. The fourth-order valence-corrected chi connectivity index (χ4v) is 3.67. The zero-order chi connectivity index (χ0) is 13.5. The van der Waals surface area contributed by atoms with E-state index in [9.17, 15) is 18.0 Å². The van der Waals surface area contributed by atoms with Gasteiger partial charge in [0, 0.05) is 0 Å². The summed E-state index contributed by atoms with van der Waals surface area (Å²) in [4.78, 5) is 22.3. The van der Waals surface area contributed by atoms with Crippen molar-refractivity contribution in [1.82, 2.24) is 0 Å². The van der Waals surface area contributed by atoms with Gasteiger partial charge in [-0.1, -0.05) is 12.1 Å². The smallest absolute Gasteiger partial charge is 0.305 e. The lowest BCUT2D eigenvalue weighted by molar-refractivity contribution is -0.138. The molecule has 0 aliphatic carbocycles. The van der Waals surface area contributed by atoms with Crippen LogP contribution in [0.2, 0.25) is 0 Å². The molecule has 1 aliphatic heterocycles. The summed E-state index contributed by atoms with van der Waals surface area (Å²) in [7, 11) is -3.94. The first-order valence-corrected chi connectivity index (χ1v) is 6.75. The third kappa shape index (κ3) is 1.86. The Labute approximate surface area is 104 Å². The van der Waals surface area contributed by atoms with Gasteiger partial charge in [-0.3, -0.25) is 9.59 Å². The molecule has 1 aliphatic rings. The number of aliphatic carboxylic acids is 1. The molecule has 0 bridgehead atoms. The maximum atomic E-state index is 12.2. The minimum atomic E-state index is -3.94. The van der Waals surface area contributed by atoms with Crippen molar-refractivity contribution in [3.05, 3.63) is 23.8 Å². The van der Waals surface area contributed by atoms with Gasteiger partial charge in [0.15, 0.2) is 15.1 Å². The van der Waals surface area contributed by atoms with Gasteiger partial charge in [0.05, 0.1) is 17.0 Å². The van der Waals surface area contributed by atoms with E-state index in [0.717, 1.165) is 0 Å². The second-order valence-corrected chi connectivity index (χ2v) is 6.17. The Hall–Kier alpha value is -1.89. The highest BCUT2D eigenvalue weighted by Crippen LogP contribution is 2.33. The first-order chi connectivity index (χ1) is 8.34. The molecule has 0 saturated carbocycles. The van der Waals surface area contributed by atoms with Crippen molar-refractivity contribution in [2.45, 2.75) is 23.5 Å². The number of hydrogen-bond acceptors (Lipinski definition) is 4. The number of fused-ring (bicyclic) bond motifs is 1. The van der Waals surface area contributed by atoms with Crippen molar-refractivity contribution in [3.8, 4) is 0 Å². The summed E-state index contributed by atoms with van der Waals surface area (Å²) in [5.74, 6) is -2.12. The Balaban J connectivity index is 2.61. The van der Waals surface area contributed by atoms with Crippen LogP contribution < -0.4 is 5.32 Å². The number of hydrogen-bond donors (Lipinski definition) is 2. The molecular weight excluding hydrogens is 258 g/mol. The number of carbonyl (C=O) groups is 2. The van der Waals surface area contributed by atoms with E-state index in [0.29, 0.717) is 5.56 Å². The minimum Gasteiger partial charge on any atom is -0.481 e. The second kappa shape index (κ2) is 4.09. The van der Waals surface area contributed by atoms with E-state index >= 15 is 0 Å². The number of aryl methyl sites for hydroxylation is 1. The molecule has 2 rings (SSSR count). The van der Waals surface area contributed by atoms with E-state index in [4.69, 9.17) is 5.11 Å². The molecule has 0 saturated heterocycles. The number of nitrogens with one attached hydrogen (secondary N) is 1. The number of benzene rings is 1. The van der Waals surface area contributed by atoms with Crippen molar-refractivity contribution < 1.29 is 23.1 Å². The molecule has 0 spiro atoms. The van der Waals surface area contributed by atoms with Gasteiger partial charge in [0.1, 0.15) is 0 Å². The number of carbonyl (C=O) groups excluding carboxylic acids is 1. The van der Waals surface area contributed by atoms with Crippen LogP contribution >= 0.6 is 0 Å². The lowest BCUT2D eigenvalue weighted by atomic mass is 10.2. The van der Waals surface area contributed by atoms with Crippen molar-refractivity contribution >= 4 is 27.4 Å². The molecule has 1 unspecified atom stereocenters. The molecule has 6 nitrogen and oxygen atoms in total. The van der Waals surface area contributed by atoms with Crippen LogP contribution in [-0.2, 0) is 19.4 Å². The van der Waals surface area contributed by atoms with Crippen molar-refractivity contribution in [2.75, 3.05) is 5.32 Å². The summed E-state index contributed by atoms with van der Waals surface area (Å²) in [5.41, 5.74) is 0.863. The Morgan fingerprint density at radius 3 is 2.72 bits per heavy atom. The third-order valence-corrected chi connectivity index (χ3v) is 4.90. The molecule has 1 aromatic rings. The maximum absolute atomic E-state index is 12.2. The van der Waals surface area contributed by atoms with Crippen molar-refractivity contribution in [3.63, 3.8) is 0 Å². The predicted octanol–water partition coefficient (Wildman–Crippen LogP) is 0.564. The van der Waals surface area contributed by atoms with E-state index < -0.39 is 33.4 Å². The van der Waals surface area contributed by atoms with Gasteiger partial charge in [-0.2, -0.15) is 0 Å². The lowest BCUT2D eigenvalue weighted by Gasteiger charge is -2.24. The number of carboxylic acid groups (broad SMARTS) is 1. The minimum absolute atomic E-state index is 0.0200. The second-order valence-electron chi connectivity index (χ2n) is 4.07. The van der Waals surface area contributed by atoms with E-state index in [1.165, 1.54) is 6.07 Å². The third-order valence-electron chi connectivity index (χ3n) is 2.82. The zero-order valence-electron chi connectivity index (χ0n) is 9.50. The molecule has 2 N–H and O–H groups in total. The summed E-state index contributed by atoms with van der Waals surface area (Å²) in [5, 5.41) is 9.57.